The SMILES string of the molecule is Clc1cccc(CN2CCOC(CBr)C2)c1Cl. The third kappa shape index (κ3) is 3.58. The molecule has 0 radical (unpaired) electrons. The molecule has 2 rings (SSSR count). The van der Waals surface area contributed by atoms with Gasteiger partial charge in [0.15, 0.2) is 0 Å². The average Bonchev–Trinajstić information content (AvgIpc) is 2.35. The molecule has 0 aromatic heterocycles. The van der Waals surface area contributed by atoms with E-state index in [9.17, 15) is 0 Å². The molecule has 0 bridgehead atoms. The predicted octanol–water partition coefficient (Wildman–Crippen LogP) is 3.59. The fourth-order valence-electron chi connectivity index (χ4n) is 1.93. The van der Waals surface area contributed by atoms with Crippen LogP contribution in [0.25, 0.3) is 0 Å². The van der Waals surface area contributed by atoms with E-state index in [1.165, 1.54) is 0 Å². The molecule has 94 valence electrons. The number of alkyl halides is 1. The first-order valence-corrected chi connectivity index (χ1v) is 7.41. The van der Waals surface area contributed by atoms with E-state index in [-0.39, 0.29) is 6.10 Å². The van der Waals surface area contributed by atoms with Crippen molar-refractivity contribution in [1.82, 2.24) is 4.90 Å². The van der Waals surface area contributed by atoms with Gasteiger partial charge in [-0.05, 0) is 11.6 Å². The van der Waals surface area contributed by atoms with Crippen LogP contribution >= 0.6 is 39.1 Å². The number of ether oxygens (including phenoxy) is 1. The number of rotatable bonds is 3. The normalized spacial score (nSPS) is 21.7. The minimum atomic E-state index is 0.265. The maximum Gasteiger partial charge on any atom is 0.0799 e. The molecule has 1 aliphatic heterocycles. The second-order valence-corrected chi connectivity index (χ2v) is 5.53. The molecular formula is C12H14BrCl2NO. The highest BCUT2D eigenvalue weighted by atomic mass is 79.9. The van der Waals surface area contributed by atoms with Crippen molar-refractivity contribution in [1.29, 1.82) is 0 Å². The van der Waals surface area contributed by atoms with Crippen molar-refractivity contribution in [2.75, 3.05) is 25.0 Å². The monoisotopic (exact) mass is 337 g/mol. The Morgan fingerprint density at radius 1 is 1.41 bits per heavy atom. The Hall–Kier alpha value is 0.200. The molecule has 2 nitrogen and oxygen atoms in total. The van der Waals surface area contributed by atoms with Gasteiger partial charge >= 0.3 is 0 Å². The van der Waals surface area contributed by atoms with E-state index in [4.69, 9.17) is 27.9 Å². The Kier molecular flexibility index (Phi) is 5.12. The standard InChI is InChI=1S/C12H14BrCl2NO/c13-6-10-8-16(4-5-17-10)7-9-2-1-3-11(14)12(9)15/h1-3,10H,4-8H2. The van der Waals surface area contributed by atoms with Gasteiger partial charge in [0.1, 0.15) is 0 Å². The molecule has 0 aliphatic carbocycles. The molecule has 17 heavy (non-hydrogen) atoms. The maximum absolute atomic E-state index is 6.18. The quantitative estimate of drug-likeness (QED) is 0.781. The van der Waals surface area contributed by atoms with E-state index < -0.39 is 0 Å². The molecule has 5 heteroatoms. The lowest BCUT2D eigenvalue weighted by Gasteiger charge is -2.32. The zero-order valence-electron chi connectivity index (χ0n) is 9.33. The Balaban J connectivity index is 2.02. The molecule has 0 saturated carbocycles. The maximum atomic E-state index is 6.18. The van der Waals surface area contributed by atoms with Gasteiger partial charge in [-0.1, -0.05) is 51.3 Å². The summed E-state index contributed by atoms with van der Waals surface area (Å²) in [7, 11) is 0. The van der Waals surface area contributed by atoms with Crippen LogP contribution in [0, 0.1) is 0 Å². The Bertz CT molecular complexity index is 389. The Morgan fingerprint density at radius 3 is 3.00 bits per heavy atom. The summed E-state index contributed by atoms with van der Waals surface area (Å²) in [6.07, 6.45) is 0.265. The molecular weight excluding hydrogens is 325 g/mol. The van der Waals surface area contributed by atoms with Gasteiger partial charge in [0.2, 0.25) is 0 Å². The second-order valence-electron chi connectivity index (χ2n) is 4.10. The lowest BCUT2D eigenvalue weighted by atomic mass is 10.2. The number of morpholine rings is 1. The van der Waals surface area contributed by atoms with Crippen molar-refractivity contribution in [2.45, 2.75) is 12.6 Å². The van der Waals surface area contributed by atoms with Gasteiger partial charge in [0.25, 0.3) is 0 Å². The summed E-state index contributed by atoms with van der Waals surface area (Å²) in [5, 5.41) is 2.15. The molecule has 1 unspecified atom stereocenters. The summed E-state index contributed by atoms with van der Waals surface area (Å²) in [6.45, 7) is 3.46. The highest BCUT2D eigenvalue weighted by Crippen LogP contribution is 2.26. The lowest BCUT2D eigenvalue weighted by Crippen LogP contribution is -2.42. The van der Waals surface area contributed by atoms with Crippen molar-refractivity contribution in [3.05, 3.63) is 33.8 Å². The van der Waals surface area contributed by atoms with E-state index in [0.717, 1.165) is 37.1 Å². The Labute approximate surface area is 120 Å². The first-order valence-electron chi connectivity index (χ1n) is 5.53. The summed E-state index contributed by atoms with van der Waals surface area (Å²) in [5.41, 5.74) is 1.08. The number of nitrogens with zero attached hydrogens (tertiary/aromatic N) is 1. The minimum absolute atomic E-state index is 0.265. The molecule has 1 fully saturated rings. The fraction of sp³-hybridized carbons (Fsp3) is 0.500. The third-order valence-electron chi connectivity index (χ3n) is 2.82. The van der Waals surface area contributed by atoms with Gasteiger partial charge in [-0.3, -0.25) is 4.90 Å². The molecule has 1 heterocycles. The first-order chi connectivity index (χ1) is 8.20. The predicted molar refractivity (Wildman–Crippen MR) is 75.3 cm³/mol. The van der Waals surface area contributed by atoms with Crippen LogP contribution < -0.4 is 0 Å². The van der Waals surface area contributed by atoms with E-state index in [2.05, 4.69) is 20.8 Å². The van der Waals surface area contributed by atoms with Crippen LogP contribution in [0.1, 0.15) is 5.56 Å². The largest absolute Gasteiger partial charge is 0.375 e. The molecule has 1 saturated heterocycles. The van der Waals surface area contributed by atoms with Crippen molar-refractivity contribution in [3.63, 3.8) is 0 Å². The van der Waals surface area contributed by atoms with E-state index in [1.807, 2.05) is 18.2 Å². The summed E-state index contributed by atoms with van der Waals surface area (Å²) >= 11 is 15.6. The van der Waals surface area contributed by atoms with Crippen molar-refractivity contribution in [3.8, 4) is 0 Å². The van der Waals surface area contributed by atoms with Crippen LogP contribution in [0.2, 0.25) is 10.0 Å². The zero-order chi connectivity index (χ0) is 12.3. The van der Waals surface area contributed by atoms with Crippen LogP contribution in [-0.4, -0.2) is 36.0 Å². The van der Waals surface area contributed by atoms with Gasteiger partial charge in [-0.2, -0.15) is 0 Å². The molecule has 0 N–H and O–H groups in total. The van der Waals surface area contributed by atoms with Crippen LogP contribution in [0.15, 0.2) is 18.2 Å². The first kappa shape index (κ1) is 13.6. The van der Waals surface area contributed by atoms with E-state index in [1.54, 1.807) is 0 Å². The molecule has 0 spiro atoms. The molecule has 1 aliphatic rings. The van der Waals surface area contributed by atoms with Gasteiger partial charge in [-0.25, -0.2) is 0 Å². The third-order valence-corrected chi connectivity index (χ3v) is 4.40. The summed E-state index contributed by atoms with van der Waals surface area (Å²) in [5.74, 6) is 0. The summed E-state index contributed by atoms with van der Waals surface area (Å²) in [4.78, 5) is 2.34. The lowest BCUT2D eigenvalue weighted by molar-refractivity contribution is -0.0181. The van der Waals surface area contributed by atoms with Crippen molar-refractivity contribution in [2.24, 2.45) is 0 Å². The van der Waals surface area contributed by atoms with Gasteiger partial charge < -0.3 is 4.74 Å². The Morgan fingerprint density at radius 2 is 2.24 bits per heavy atom. The van der Waals surface area contributed by atoms with E-state index >= 15 is 0 Å². The van der Waals surface area contributed by atoms with E-state index in [0.29, 0.717) is 10.0 Å². The number of hydrogen-bond acceptors (Lipinski definition) is 2. The summed E-state index contributed by atoms with van der Waals surface area (Å²) < 4.78 is 5.60. The topological polar surface area (TPSA) is 12.5 Å². The van der Waals surface area contributed by atoms with Gasteiger partial charge in [-0.15, -0.1) is 0 Å². The second kappa shape index (κ2) is 6.39. The molecule has 1 aromatic rings. The number of halogens is 3. The van der Waals surface area contributed by atoms with Crippen molar-refractivity contribution >= 4 is 39.1 Å². The highest BCUT2D eigenvalue weighted by Gasteiger charge is 2.20. The average molecular weight is 339 g/mol. The van der Waals surface area contributed by atoms with Gasteiger partial charge in [0, 0.05) is 25.0 Å². The van der Waals surface area contributed by atoms with Crippen LogP contribution in [0.3, 0.4) is 0 Å². The van der Waals surface area contributed by atoms with Crippen molar-refractivity contribution < 1.29 is 4.74 Å². The van der Waals surface area contributed by atoms with Crippen LogP contribution in [0.4, 0.5) is 0 Å². The van der Waals surface area contributed by atoms with Crippen LogP contribution in [-0.2, 0) is 11.3 Å². The van der Waals surface area contributed by atoms with Crippen LogP contribution in [0.5, 0.6) is 0 Å². The van der Waals surface area contributed by atoms with Gasteiger partial charge in [0.05, 0.1) is 22.8 Å². The zero-order valence-corrected chi connectivity index (χ0v) is 12.4. The fourth-order valence-corrected chi connectivity index (χ4v) is 2.70. The number of benzene rings is 1. The summed E-state index contributed by atoms with van der Waals surface area (Å²) in [6, 6.07) is 5.77. The molecule has 1 aromatic carbocycles. The molecule has 0 amide bonds. The minimum Gasteiger partial charge on any atom is -0.375 e. The smallest absolute Gasteiger partial charge is 0.0799 e. The number of hydrogen-bond donors (Lipinski definition) is 0. The highest BCUT2D eigenvalue weighted by molar-refractivity contribution is 9.09. The molecule has 1 atom stereocenters.